The first kappa shape index (κ1) is 29.8. The maximum absolute atomic E-state index is 10.6. The highest BCUT2D eigenvalue weighted by atomic mass is 19.4. The van der Waals surface area contributed by atoms with Crippen molar-refractivity contribution in [2.75, 3.05) is 26.4 Å². The largest absolute Gasteiger partial charge is 0.490 e. The van der Waals surface area contributed by atoms with E-state index in [4.69, 9.17) is 29.3 Å². The Morgan fingerprint density at radius 3 is 2.11 bits per heavy atom. The lowest BCUT2D eigenvalue weighted by Crippen LogP contribution is -2.44. The molecule has 0 radical (unpaired) electrons. The minimum atomic E-state index is -5.08. The standard InChI is InChI=1S/C18H26N2O2.2C2HF3O2/c1-2-15(11-19-7-1)10-17-18(22-12-14-3-4-14)5-8-20(17)16-6-9-21-13-16;2*3-2(4,5)1(6)7/h1-2,7,11,14,16-18H,3-6,8-10,12-13H2;2*(H,6,7)/t16?,17-,18-;;/m0../s1. The molecule has 0 aromatic carbocycles. The van der Waals surface area contributed by atoms with E-state index >= 15 is 0 Å². The number of pyridine rings is 1. The second-order valence-corrected chi connectivity index (χ2v) is 8.60. The molecule has 2 saturated heterocycles. The lowest BCUT2D eigenvalue weighted by Gasteiger charge is -2.32. The molecule has 2 aliphatic heterocycles. The molecule has 4 rings (SSSR count). The lowest BCUT2D eigenvalue weighted by molar-refractivity contribution is -0.193. The van der Waals surface area contributed by atoms with Gasteiger partial charge in [0.2, 0.25) is 0 Å². The minimum Gasteiger partial charge on any atom is -0.475 e. The van der Waals surface area contributed by atoms with E-state index in [1.807, 2.05) is 18.5 Å². The van der Waals surface area contributed by atoms with E-state index in [2.05, 4.69) is 16.0 Å². The van der Waals surface area contributed by atoms with Crippen molar-refractivity contribution in [3.63, 3.8) is 0 Å². The molecular weight excluding hydrogens is 502 g/mol. The van der Waals surface area contributed by atoms with Gasteiger partial charge in [-0.15, -0.1) is 0 Å². The summed E-state index contributed by atoms with van der Waals surface area (Å²) in [6.07, 6.45) is 0.149. The summed E-state index contributed by atoms with van der Waals surface area (Å²) in [5, 5.41) is 14.2. The second kappa shape index (κ2) is 13.2. The van der Waals surface area contributed by atoms with Gasteiger partial charge in [0.1, 0.15) is 0 Å². The molecule has 3 aliphatic rings. The SMILES string of the molecule is O=C(O)C(F)(F)F.O=C(O)C(F)(F)F.c1cncc(C[C@H]2[C@@H](OCC3CC3)CCN2C2CCOC2)c1. The van der Waals surface area contributed by atoms with E-state index in [9.17, 15) is 26.3 Å². The number of hydrogen-bond acceptors (Lipinski definition) is 6. The molecule has 3 atom stereocenters. The first-order chi connectivity index (χ1) is 16.8. The molecule has 1 aromatic heterocycles. The minimum absolute atomic E-state index is 0.376. The molecule has 0 bridgehead atoms. The molecule has 3 fully saturated rings. The van der Waals surface area contributed by atoms with Crippen molar-refractivity contribution in [3.8, 4) is 0 Å². The average molecular weight is 530 g/mol. The van der Waals surface area contributed by atoms with E-state index < -0.39 is 24.3 Å². The van der Waals surface area contributed by atoms with Gasteiger partial charge in [-0.3, -0.25) is 9.88 Å². The summed E-state index contributed by atoms with van der Waals surface area (Å²) in [6.45, 7) is 3.91. The highest BCUT2D eigenvalue weighted by Gasteiger charge is 2.41. The molecule has 1 aliphatic carbocycles. The Labute approximate surface area is 203 Å². The molecule has 1 unspecified atom stereocenters. The van der Waals surface area contributed by atoms with Gasteiger partial charge in [-0.1, -0.05) is 6.07 Å². The number of rotatable bonds is 6. The van der Waals surface area contributed by atoms with Crippen molar-refractivity contribution in [2.24, 2.45) is 5.92 Å². The monoisotopic (exact) mass is 530 g/mol. The number of likely N-dealkylation sites (tertiary alicyclic amines) is 1. The van der Waals surface area contributed by atoms with E-state index in [1.165, 1.54) is 24.8 Å². The van der Waals surface area contributed by atoms with Crippen LogP contribution in [0, 0.1) is 5.92 Å². The smallest absolute Gasteiger partial charge is 0.475 e. The van der Waals surface area contributed by atoms with Gasteiger partial charge < -0.3 is 19.7 Å². The van der Waals surface area contributed by atoms with Gasteiger partial charge in [-0.25, -0.2) is 9.59 Å². The maximum atomic E-state index is 10.6. The highest BCUT2D eigenvalue weighted by Crippen LogP contribution is 2.33. The number of halogens is 6. The number of ether oxygens (including phenoxy) is 2. The number of aromatic nitrogens is 1. The molecule has 8 nitrogen and oxygen atoms in total. The van der Waals surface area contributed by atoms with Crippen molar-refractivity contribution in [1.29, 1.82) is 0 Å². The van der Waals surface area contributed by atoms with Gasteiger partial charge in [0.15, 0.2) is 0 Å². The summed E-state index contributed by atoms with van der Waals surface area (Å²) < 4.78 is 75.4. The molecular formula is C22H28F6N2O6. The molecule has 14 heteroatoms. The maximum Gasteiger partial charge on any atom is 0.490 e. The molecule has 2 N–H and O–H groups in total. The van der Waals surface area contributed by atoms with Crippen LogP contribution in [-0.4, -0.2) is 88.9 Å². The van der Waals surface area contributed by atoms with Crippen LogP contribution in [0.25, 0.3) is 0 Å². The molecule has 1 saturated carbocycles. The lowest BCUT2D eigenvalue weighted by atomic mass is 10.0. The highest BCUT2D eigenvalue weighted by molar-refractivity contribution is 5.73. The van der Waals surface area contributed by atoms with Crippen molar-refractivity contribution < 1.29 is 55.6 Å². The zero-order valence-electron chi connectivity index (χ0n) is 19.2. The Hall–Kier alpha value is -2.45. The Bertz CT molecular complexity index is 805. The predicted molar refractivity (Wildman–Crippen MR) is 112 cm³/mol. The first-order valence-electron chi connectivity index (χ1n) is 11.2. The average Bonchev–Trinajstić information content (AvgIpc) is 3.30. The topological polar surface area (TPSA) is 109 Å². The van der Waals surface area contributed by atoms with E-state index in [1.54, 1.807) is 0 Å². The van der Waals surface area contributed by atoms with Crippen molar-refractivity contribution in [1.82, 2.24) is 9.88 Å². The van der Waals surface area contributed by atoms with Gasteiger partial charge in [-0.05, 0) is 49.7 Å². The third-order valence-electron chi connectivity index (χ3n) is 5.80. The number of carboxylic acid groups (broad SMARTS) is 2. The second-order valence-electron chi connectivity index (χ2n) is 8.60. The summed E-state index contributed by atoms with van der Waals surface area (Å²) in [6, 6.07) is 5.28. The number of nitrogens with zero attached hydrogens (tertiary/aromatic N) is 2. The quantitative estimate of drug-likeness (QED) is 0.538. The summed E-state index contributed by atoms with van der Waals surface area (Å²) >= 11 is 0. The van der Waals surface area contributed by atoms with Gasteiger partial charge in [-0.2, -0.15) is 26.3 Å². The van der Waals surface area contributed by atoms with Gasteiger partial charge in [0, 0.05) is 44.2 Å². The van der Waals surface area contributed by atoms with Crippen LogP contribution < -0.4 is 0 Å². The van der Waals surface area contributed by atoms with Crippen molar-refractivity contribution in [3.05, 3.63) is 30.1 Å². The zero-order valence-corrected chi connectivity index (χ0v) is 19.2. The van der Waals surface area contributed by atoms with Crippen LogP contribution in [0.1, 0.15) is 31.2 Å². The van der Waals surface area contributed by atoms with E-state index in [0.717, 1.165) is 45.1 Å². The van der Waals surface area contributed by atoms with Gasteiger partial charge in [0.05, 0.1) is 12.7 Å². The molecule has 204 valence electrons. The third-order valence-corrected chi connectivity index (χ3v) is 5.80. The number of aliphatic carboxylic acids is 2. The summed E-state index contributed by atoms with van der Waals surface area (Å²) in [5.41, 5.74) is 1.32. The van der Waals surface area contributed by atoms with Crippen LogP contribution in [0.5, 0.6) is 0 Å². The first-order valence-corrected chi connectivity index (χ1v) is 11.2. The molecule has 0 amide bonds. The van der Waals surface area contributed by atoms with Crippen LogP contribution in [0.15, 0.2) is 24.5 Å². The van der Waals surface area contributed by atoms with E-state index in [-0.39, 0.29) is 0 Å². The molecule has 36 heavy (non-hydrogen) atoms. The van der Waals surface area contributed by atoms with Gasteiger partial charge in [0.25, 0.3) is 0 Å². The number of alkyl halides is 6. The Morgan fingerprint density at radius 1 is 1.06 bits per heavy atom. The molecule has 1 aromatic rings. The Morgan fingerprint density at radius 2 is 1.67 bits per heavy atom. The number of carbonyl (C=O) groups is 2. The van der Waals surface area contributed by atoms with Crippen LogP contribution in [0.4, 0.5) is 26.3 Å². The summed E-state index contributed by atoms with van der Waals surface area (Å²) in [4.78, 5) is 24.7. The van der Waals surface area contributed by atoms with Crippen molar-refractivity contribution >= 4 is 11.9 Å². The van der Waals surface area contributed by atoms with Gasteiger partial charge >= 0.3 is 24.3 Å². The zero-order chi connectivity index (χ0) is 26.9. The summed E-state index contributed by atoms with van der Waals surface area (Å²) in [5.74, 6) is -4.68. The fourth-order valence-corrected chi connectivity index (χ4v) is 3.83. The molecule has 3 heterocycles. The molecule has 0 spiro atoms. The third kappa shape index (κ3) is 10.3. The van der Waals surface area contributed by atoms with Crippen molar-refractivity contribution in [2.45, 2.75) is 62.6 Å². The normalized spacial score (nSPS) is 24.3. The number of hydrogen-bond donors (Lipinski definition) is 2. The fraction of sp³-hybridized carbons (Fsp3) is 0.682. The number of carboxylic acids is 2. The fourth-order valence-electron chi connectivity index (χ4n) is 3.83. The van der Waals surface area contributed by atoms with Crippen LogP contribution in [0.3, 0.4) is 0 Å². The van der Waals surface area contributed by atoms with Crippen LogP contribution in [-0.2, 0) is 25.5 Å². The van der Waals surface area contributed by atoms with E-state index in [0.29, 0.717) is 18.2 Å². The predicted octanol–water partition coefficient (Wildman–Crippen LogP) is 3.55. The van der Waals surface area contributed by atoms with Crippen LogP contribution >= 0.6 is 0 Å². The Balaban J connectivity index is 0.000000271. The van der Waals surface area contributed by atoms with Crippen LogP contribution in [0.2, 0.25) is 0 Å². The summed E-state index contributed by atoms with van der Waals surface area (Å²) in [7, 11) is 0. The Kier molecular flexibility index (Phi) is 10.9.